The molecule has 2 aromatic rings. The van der Waals surface area contributed by atoms with E-state index in [9.17, 15) is 8.42 Å². The number of nitrogens with one attached hydrogen (secondary N) is 1. The summed E-state index contributed by atoms with van der Waals surface area (Å²) < 4.78 is 29.7. The van der Waals surface area contributed by atoms with Crippen molar-refractivity contribution in [2.75, 3.05) is 6.54 Å². The van der Waals surface area contributed by atoms with Crippen molar-refractivity contribution in [2.45, 2.75) is 45.6 Å². The van der Waals surface area contributed by atoms with Gasteiger partial charge in [-0.1, -0.05) is 17.7 Å². The molecule has 0 bridgehead atoms. The Morgan fingerprint density at radius 2 is 1.78 bits per heavy atom. The number of rotatable bonds is 6. The van der Waals surface area contributed by atoms with Gasteiger partial charge in [0.25, 0.3) is 0 Å². The Morgan fingerprint density at radius 3 is 2.30 bits per heavy atom. The van der Waals surface area contributed by atoms with Crippen molar-refractivity contribution in [3.63, 3.8) is 0 Å². The number of aryl methyl sites for hydroxylation is 3. The molecular weight excluding hydrogens is 334 g/mol. The summed E-state index contributed by atoms with van der Waals surface area (Å²) in [6, 6.07) is 2.02. The monoisotopic (exact) mass is 355 g/mol. The molecule has 0 saturated carbocycles. The average molecular weight is 356 g/mol. The molecule has 23 heavy (non-hydrogen) atoms. The number of halogens is 1. The quantitative estimate of drug-likeness (QED) is 0.809. The Morgan fingerprint density at radius 1 is 1.17 bits per heavy atom. The van der Waals surface area contributed by atoms with Crippen molar-refractivity contribution in [2.24, 2.45) is 0 Å². The number of aromatic nitrogens is 2. The van der Waals surface area contributed by atoms with Crippen molar-refractivity contribution in [1.82, 2.24) is 14.5 Å². The van der Waals surface area contributed by atoms with Crippen LogP contribution in [0.3, 0.4) is 0 Å². The van der Waals surface area contributed by atoms with Crippen LogP contribution in [0.4, 0.5) is 0 Å². The predicted molar refractivity (Wildman–Crippen MR) is 92.4 cm³/mol. The van der Waals surface area contributed by atoms with Gasteiger partial charge in [0.1, 0.15) is 0 Å². The lowest BCUT2D eigenvalue weighted by Crippen LogP contribution is -2.27. The van der Waals surface area contributed by atoms with Gasteiger partial charge in [0.2, 0.25) is 10.0 Å². The highest BCUT2D eigenvalue weighted by atomic mass is 35.5. The molecule has 0 saturated heterocycles. The fourth-order valence-electron chi connectivity index (χ4n) is 2.56. The topological polar surface area (TPSA) is 64.0 Å². The van der Waals surface area contributed by atoms with Crippen molar-refractivity contribution >= 4 is 21.6 Å². The van der Waals surface area contributed by atoms with Gasteiger partial charge in [0.15, 0.2) is 0 Å². The van der Waals surface area contributed by atoms with Gasteiger partial charge in [0, 0.05) is 19.3 Å². The Kier molecular flexibility index (Phi) is 5.49. The first-order chi connectivity index (χ1) is 10.7. The van der Waals surface area contributed by atoms with Crippen LogP contribution in [0, 0.1) is 27.7 Å². The van der Waals surface area contributed by atoms with Crippen LogP contribution >= 0.6 is 11.6 Å². The maximum atomic E-state index is 12.6. The van der Waals surface area contributed by atoms with Gasteiger partial charge in [0.05, 0.1) is 16.1 Å². The fraction of sp³-hybridized carbons (Fsp3) is 0.438. The first-order valence-electron chi connectivity index (χ1n) is 7.47. The highest BCUT2D eigenvalue weighted by Gasteiger charge is 2.21. The van der Waals surface area contributed by atoms with E-state index in [4.69, 9.17) is 11.6 Å². The van der Waals surface area contributed by atoms with E-state index in [1.165, 1.54) is 0 Å². The van der Waals surface area contributed by atoms with Crippen LogP contribution < -0.4 is 4.72 Å². The normalized spacial score (nSPS) is 11.9. The Balaban J connectivity index is 2.08. The molecule has 0 radical (unpaired) electrons. The molecule has 1 aromatic carbocycles. The average Bonchev–Trinajstić information content (AvgIpc) is 2.87. The first kappa shape index (κ1) is 18.0. The van der Waals surface area contributed by atoms with Gasteiger partial charge in [-0.2, -0.15) is 5.10 Å². The smallest absolute Gasteiger partial charge is 0.241 e. The molecule has 0 atom stereocenters. The molecule has 7 heteroatoms. The maximum Gasteiger partial charge on any atom is 0.241 e. The third kappa shape index (κ3) is 4.13. The molecule has 0 amide bonds. The van der Waals surface area contributed by atoms with E-state index in [-0.39, 0.29) is 0 Å². The minimum atomic E-state index is -3.52. The second-order valence-electron chi connectivity index (χ2n) is 5.76. The van der Waals surface area contributed by atoms with Crippen LogP contribution in [0.15, 0.2) is 23.4 Å². The number of benzene rings is 1. The molecule has 0 aliphatic carbocycles. The van der Waals surface area contributed by atoms with Crippen molar-refractivity contribution in [1.29, 1.82) is 0 Å². The molecule has 126 valence electrons. The Hall–Kier alpha value is -1.37. The van der Waals surface area contributed by atoms with Gasteiger partial charge in [-0.3, -0.25) is 4.68 Å². The molecule has 0 unspecified atom stereocenters. The van der Waals surface area contributed by atoms with Gasteiger partial charge < -0.3 is 0 Å². The van der Waals surface area contributed by atoms with Crippen molar-refractivity contribution < 1.29 is 8.42 Å². The highest BCUT2D eigenvalue weighted by molar-refractivity contribution is 7.89. The van der Waals surface area contributed by atoms with Crippen LogP contribution in [0.2, 0.25) is 5.02 Å². The summed E-state index contributed by atoms with van der Waals surface area (Å²) in [7, 11) is -3.52. The fourth-order valence-corrected chi connectivity index (χ4v) is 4.41. The van der Waals surface area contributed by atoms with Gasteiger partial charge in [-0.25, -0.2) is 13.1 Å². The lowest BCUT2D eigenvalue weighted by Gasteiger charge is -2.16. The Labute approximate surface area is 142 Å². The summed E-state index contributed by atoms with van der Waals surface area (Å²) in [6.45, 7) is 8.53. The second-order valence-corrected chi connectivity index (χ2v) is 7.90. The van der Waals surface area contributed by atoms with Crippen LogP contribution in [0.5, 0.6) is 0 Å². The van der Waals surface area contributed by atoms with Gasteiger partial charge in [-0.05, 0) is 56.4 Å². The van der Waals surface area contributed by atoms with Crippen molar-refractivity contribution in [3.05, 3.63) is 45.7 Å². The minimum Gasteiger partial charge on any atom is -0.271 e. The number of nitrogens with zero attached hydrogens (tertiary/aromatic N) is 2. The van der Waals surface area contributed by atoms with E-state index >= 15 is 0 Å². The third-order valence-corrected chi connectivity index (χ3v) is 5.95. The third-order valence-electron chi connectivity index (χ3n) is 4.02. The largest absolute Gasteiger partial charge is 0.271 e. The van der Waals surface area contributed by atoms with E-state index in [0.717, 1.165) is 22.3 Å². The van der Waals surface area contributed by atoms with E-state index in [1.54, 1.807) is 17.1 Å². The maximum absolute atomic E-state index is 12.6. The summed E-state index contributed by atoms with van der Waals surface area (Å²) in [4.78, 5) is 0.400. The number of sulfonamides is 1. The minimum absolute atomic E-state index is 0.353. The zero-order valence-electron chi connectivity index (χ0n) is 13.9. The van der Waals surface area contributed by atoms with E-state index in [0.29, 0.717) is 29.4 Å². The summed E-state index contributed by atoms with van der Waals surface area (Å²) in [5.74, 6) is 0. The molecule has 0 aliphatic rings. The molecule has 5 nitrogen and oxygen atoms in total. The second kappa shape index (κ2) is 7.03. The molecule has 0 aliphatic heterocycles. The van der Waals surface area contributed by atoms with Gasteiger partial charge in [-0.15, -0.1) is 0 Å². The molecule has 2 rings (SSSR count). The Bertz CT molecular complexity index is 787. The van der Waals surface area contributed by atoms with Crippen molar-refractivity contribution in [3.8, 4) is 0 Å². The SMILES string of the molecule is Cc1cc(C)c(C)c(S(=O)(=O)NCCCn2cc(Cl)cn2)c1C. The summed E-state index contributed by atoms with van der Waals surface area (Å²) in [6.07, 6.45) is 3.92. The first-order valence-corrected chi connectivity index (χ1v) is 9.33. The highest BCUT2D eigenvalue weighted by Crippen LogP contribution is 2.25. The standard InChI is InChI=1S/C16H22ClN3O2S/c1-11-8-12(2)14(4)16(13(11)3)23(21,22)19-6-5-7-20-10-15(17)9-18-20/h8-10,19H,5-7H2,1-4H3. The molecule has 0 spiro atoms. The van der Waals surface area contributed by atoms with Crippen LogP contribution in [0.1, 0.15) is 28.7 Å². The molecule has 1 heterocycles. The van der Waals surface area contributed by atoms with Gasteiger partial charge >= 0.3 is 0 Å². The lowest BCUT2D eigenvalue weighted by molar-refractivity contribution is 0.552. The van der Waals surface area contributed by atoms with E-state index < -0.39 is 10.0 Å². The number of hydrogen-bond donors (Lipinski definition) is 1. The lowest BCUT2D eigenvalue weighted by atomic mass is 10.0. The summed E-state index contributed by atoms with van der Waals surface area (Å²) >= 11 is 5.80. The molecular formula is C16H22ClN3O2S. The molecule has 0 fully saturated rings. The van der Waals surface area contributed by atoms with E-state index in [1.807, 2.05) is 33.8 Å². The molecule has 1 N–H and O–H groups in total. The summed E-state index contributed by atoms with van der Waals surface area (Å²) in [5.41, 5.74) is 3.58. The molecule has 1 aromatic heterocycles. The predicted octanol–water partition coefficient (Wildman–Crippen LogP) is 3.14. The van der Waals surface area contributed by atoms with E-state index in [2.05, 4.69) is 9.82 Å². The van der Waals surface area contributed by atoms with Crippen LogP contribution in [-0.4, -0.2) is 24.7 Å². The zero-order chi connectivity index (χ0) is 17.2. The van der Waals surface area contributed by atoms with Crippen LogP contribution in [0.25, 0.3) is 0 Å². The van der Waals surface area contributed by atoms with Crippen LogP contribution in [-0.2, 0) is 16.6 Å². The number of hydrogen-bond acceptors (Lipinski definition) is 3. The summed E-state index contributed by atoms with van der Waals surface area (Å²) in [5, 5.41) is 4.64. The zero-order valence-corrected chi connectivity index (χ0v) is 15.4.